The molecule has 1 aliphatic rings. The van der Waals surface area contributed by atoms with Crippen molar-refractivity contribution in [2.24, 2.45) is 5.41 Å². The number of fused-ring (bicyclic) bond motifs is 1. The van der Waals surface area contributed by atoms with Crippen LogP contribution >= 0.6 is 0 Å². The molecule has 2 heterocycles. The highest BCUT2D eigenvalue weighted by Crippen LogP contribution is 2.34. The summed E-state index contributed by atoms with van der Waals surface area (Å²) in [6.45, 7) is 10.4. The van der Waals surface area contributed by atoms with E-state index in [4.69, 9.17) is 9.72 Å². The minimum Gasteiger partial charge on any atom is -0.373 e. The summed E-state index contributed by atoms with van der Waals surface area (Å²) in [7, 11) is 1.73. The minimum absolute atomic E-state index is 0.00232. The lowest BCUT2D eigenvalue weighted by Crippen LogP contribution is -2.29. The van der Waals surface area contributed by atoms with Crippen LogP contribution < -0.4 is 5.32 Å². The largest absolute Gasteiger partial charge is 0.373 e. The Bertz CT molecular complexity index is 437. The molecule has 0 saturated carbocycles. The van der Waals surface area contributed by atoms with Gasteiger partial charge in [-0.15, -0.1) is 0 Å². The van der Waals surface area contributed by atoms with Crippen molar-refractivity contribution in [2.75, 3.05) is 13.7 Å². The lowest BCUT2D eigenvalue weighted by atomic mass is 9.88. The molecule has 1 aromatic heterocycles. The SMILES string of the molecule is COC(c1nc(C)c2c(n1)CCNC2)C(C)(C)C. The summed E-state index contributed by atoms with van der Waals surface area (Å²) in [5.74, 6) is 0.822. The van der Waals surface area contributed by atoms with Crippen molar-refractivity contribution in [1.82, 2.24) is 15.3 Å². The molecule has 0 fully saturated rings. The molecular formula is C14H23N3O. The van der Waals surface area contributed by atoms with Gasteiger partial charge in [0.2, 0.25) is 0 Å². The van der Waals surface area contributed by atoms with Crippen molar-refractivity contribution in [3.05, 3.63) is 22.8 Å². The first-order valence-corrected chi connectivity index (χ1v) is 6.53. The lowest BCUT2D eigenvalue weighted by Gasteiger charge is -2.29. The highest BCUT2D eigenvalue weighted by atomic mass is 16.5. The van der Waals surface area contributed by atoms with Gasteiger partial charge in [-0.2, -0.15) is 0 Å². The fourth-order valence-corrected chi connectivity index (χ4v) is 2.50. The predicted molar refractivity (Wildman–Crippen MR) is 71.4 cm³/mol. The molecule has 1 unspecified atom stereocenters. The van der Waals surface area contributed by atoms with Gasteiger partial charge in [0.05, 0.1) is 5.69 Å². The van der Waals surface area contributed by atoms with Crippen LogP contribution in [0.4, 0.5) is 0 Å². The Balaban J connectivity index is 2.43. The zero-order valence-corrected chi connectivity index (χ0v) is 12.0. The van der Waals surface area contributed by atoms with Crippen molar-refractivity contribution in [2.45, 2.75) is 46.8 Å². The van der Waals surface area contributed by atoms with Crippen molar-refractivity contribution in [3.8, 4) is 0 Å². The van der Waals surface area contributed by atoms with E-state index in [9.17, 15) is 0 Å². The average Bonchev–Trinajstić information content (AvgIpc) is 2.28. The monoisotopic (exact) mass is 249 g/mol. The average molecular weight is 249 g/mol. The topological polar surface area (TPSA) is 47.0 Å². The molecule has 1 atom stereocenters. The Morgan fingerprint density at radius 1 is 1.28 bits per heavy atom. The molecule has 1 aliphatic heterocycles. The van der Waals surface area contributed by atoms with Crippen LogP contribution in [0.25, 0.3) is 0 Å². The van der Waals surface area contributed by atoms with E-state index in [1.807, 2.05) is 0 Å². The molecule has 0 radical (unpaired) electrons. The molecule has 4 nitrogen and oxygen atoms in total. The summed E-state index contributed by atoms with van der Waals surface area (Å²) >= 11 is 0. The zero-order chi connectivity index (χ0) is 13.3. The van der Waals surface area contributed by atoms with Gasteiger partial charge in [-0.05, 0) is 12.3 Å². The maximum absolute atomic E-state index is 5.61. The number of hydrogen-bond donors (Lipinski definition) is 1. The normalized spacial score (nSPS) is 17.4. The first-order chi connectivity index (χ1) is 8.43. The first kappa shape index (κ1) is 13.4. The molecule has 1 N–H and O–H groups in total. The van der Waals surface area contributed by atoms with E-state index in [-0.39, 0.29) is 11.5 Å². The highest BCUT2D eigenvalue weighted by molar-refractivity contribution is 5.28. The quantitative estimate of drug-likeness (QED) is 0.872. The Morgan fingerprint density at radius 3 is 2.61 bits per heavy atom. The molecule has 0 saturated heterocycles. The number of rotatable bonds is 2. The standard InChI is InChI=1S/C14H23N3O/c1-9-10-8-15-7-6-11(10)17-13(16-9)12(18-5)14(2,3)4/h12,15H,6-8H2,1-5H3. The first-order valence-electron chi connectivity index (χ1n) is 6.53. The summed E-state index contributed by atoms with van der Waals surface area (Å²) in [6, 6.07) is 0. The smallest absolute Gasteiger partial charge is 0.158 e. The summed E-state index contributed by atoms with van der Waals surface area (Å²) in [5.41, 5.74) is 3.52. The Morgan fingerprint density at radius 2 is 2.00 bits per heavy atom. The molecule has 0 amide bonds. The van der Waals surface area contributed by atoms with E-state index in [0.29, 0.717) is 0 Å². The number of nitrogens with one attached hydrogen (secondary N) is 1. The van der Waals surface area contributed by atoms with Gasteiger partial charge >= 0.3 is 0 Å². The molecular weight excluding hydrogens is 226 g/mol. The molecule has 100 valence electrons. The number of aryl methyl sites for hydroxylation is 1. The molecule has 2 rings (SSSR count). The van der Waals surface area contributed by atoms with Crippen LogP contribution in [-0.4, -0.2) is 23.6 Å². The maximum atomic E-state index is 5.61. The number of nitrogens with zero attached hydrogens (tertiary/aromatic N) is 2. The zero-order valence-electron chi connectivity index (χ0n) is 12.0. The molecule has 0 aliphatic carbocycles. The molecule has 0 spiro atoms. The number of ether oxygens (including phenoxy) is 1. The van der Waals surface area contributed by atoms with E-state index in [1.165, 1.54) is 11.3 Å². The fourth-order valence-electron chi connectivity index (χ4n) is 2.50. The summed E-state index contributed by atoms with van der Waals surface area (Å²) < 4.78 is 5.61. The van der Waals surface area contributed by atoms with Crippen LogP contribution in [0.15, 0.2) is 0 Å². The number of methoxy groups -OCH3 is 1. The van der Waals surface area contributed by atoms with Crippen molar-refractivity contribution in [1.29, 1.82) is 0 Å². The Kier molecular flexibility index (Phi) is 3.69. The van der Waals surface area contributed by atoms with Gasteiger partial charge in [-0.1, -0.05) is 20.8 Å². The third-order valence-electron chi connectivity index (χ3n) is 3.41. The molecule has 18 heavy (non-hydrogen) atoms. The maximum Gasteiger partial charge on any atom is 0.158 e. The van der Waals surface area contributed by atoms with Gasteiger partial charge in [-0.3, -0.25) is 0 Å². The van der Waals surface area contributed by atoms with E-state index in [1.54, 1.807) is 7.11 Å². The Hall–Kier alpha value is -1.00. The summed E-state index contributed by atoms with van der Waals surface area (Å²) in [6.07, 6.45) is 0.920. The van der Waals surface area contributed by atoms with Crippen molar-refractivity contribution >= 4 is 0 Å². The predicted octanol–water partition coefficient (Wildman–Crippen LogP) is 2.16. The third kappa shape index (κ3) is 2.54. The van der Waals surface area contributed by atoms with Gasteiger partial charge in [0.1, 0.15) is 6.10 Å². The second-order valence-electron chi connectivity index (χ2n) is 6.00. The van der Waals surface area contributed by atoms with Crippen LogP contribution in [0.5, 0.6) is 0 Å². The van der Waals surface area contributed by atoms with E-state index in [0.717, 1.165) is 31.0 Å². The van der Waals surface area contributed by atoms with E-state index in [2.05, 4.69) is 38.0 Å². The van der Waals surface area contributed by atoms with Crippen LogP contribution in [0, 0.1) is 12.3 Å². The third-order valence-corrected chi connectivity index (χ3v) is 3.41. The minimum atomic E-state index is -0.0589. The van der Waals surface area contributed by atoms with Crippen LogP contribution in [0.1, 0.15) is 49.7 Å². The summed E-state index contributed by atoms with van der Waals surface area (Å²) in [5, 5.41) is 3.36. The highest BCUT2D eigenvalue weighted by Gasteiger charge is 2.30. The van der Waals surface area contributed by atoms with Crippen LogP contribution in [0.2, 0.25) is 0 Å². The van der Waals surface area contributed by atoms with E-state index >= 15 is 0 Å². The second-order valence-corrected chi connectivity index (χ2v) is 6.00. The fraction of sp³-hybridized carbons (Fsp3) is 0.714. The Labute approximate surface area is 109 Å². The van der Waals surface area contributed by atoms with Crippen LogP contribution in [0.3, 0.4) is 0 Å². The van der Waals surface area contributed by atoms with Crippen LogP contribution in [-0.2, 0) is 17.7 Å². The van der Waals surface area contributed by atoms with Gasteiger partial charge in [0.15, 0.2) is 5.82 Å². The lowest BCUT2D eigenvalue weighted by molar-refractivity contribution is 0.00832. The molecule has 4 heteroatoms. The summed E-state index contributed by atoms with van der Waals surface area (Å²) in [4.78, 5) is 9.38. The number of aromatic nitrogens is 2. The van der Waals surface area contributed by atoms with Gasteiger partial charge in [-0.25, -0.2) is 9.97 Å². The molecule has 1 aromatic rings. The van der Waals surface area contributed by atoms with Gasteiger partial charge < -0.3 is 10.1 Å². The van der Waals surface area contributed by atoms with E-state index < -0.39 is 0 Å². The number of hydrogen-bond acceptors (Lipinski definition) is 4. The van der Waals surface area contributed by atoms with Gasteiger partial charge in [0, 0.05) is 37.9 Å². The molecule has 0 aromatic carbocycles. The molecule has 0 bridgehead atoms. The van der Waals surface area contributed by atoms with Crippen molar-refractivity contribution < 1.29 is 4.74 Å². The second kappa shape index (κ2) is 4.94. The van der Waals surface area contributed by atoms with Crippen molar-refractivity contribution in [3.63, 3.8) is 0 Å². The van der Waals surface area contributed by atoms with Gasteiger partial charge in [0.25, 0.3) is 0 Å².